The molecule has 10 atom stereocenters. The quantitative estimate of drug-likeness (QED) is 0.240. The van der Waals surface area contributed by atoms with Gasteiger partial charge in [0, 0.05) is 0 Å². The van der Waals surface area contributed by atoms with Crippen molar-refractivity contribution in [2.45, 2.75) is 152 Å². The summed E-state index contributed by atoms with van der Waals surface area (Å²) in [5.74, 6) is 0. The van der Waals surface area contributed by atoms with Crippen LogP contribution in [0.5, 0.6) is 0 Å². The normalized spacial score (nSPS) is 38.7. The van der Waals surface area contributed by atoms with Gasteiger partial charge in [-0.1, -0.05) is 65.2 Å². The van der Waals surface area contributed by atoms with Crippen LogP contribution in [0.4, 0.5) is 0 Å². The van der Waals surface area contributed by atoms with Gasteiger partial charge in [-0.15, -0.1) is 0 Å². The average molecular weight is 549 g/mol. The summed E-state index contributed by atoms with van der Waals surface area (Å²) in [7, 11) is 0. The molecule has 4 aliphatic heterocycles. The van der Waals surface area contributed by atoms with Gasteiger partial charge in [-0.3, -0.25) is 0 Å². The first-order valence-electron chi connectivity index (χ1n) is 14.9. The van der Waals surface area contributed by atoms with Crippen LogP contribution >= 0.6 is 0 Å². The number of fused-ring (bicyclic) bond motifs is 1. The van der Waals surface area contributed by atoms with Crippen LogP contribution in [0, 0.1) is 0 Å². The van der Waals surface area contributed by atoms with Crippen LogP contribution in [-0.2, 0) is 28.4 Å². The largest absolute Gasteiger partial charge is 0.394 e. The lowest BCUT2D eigenvalue weighted by atomic mass is 10.0. The third kappa shape index (κ3) is 9.61. The van der Waals surface area contributed by atoms with Crippen LogP contribution in [-0.4, -0.2) is 108 Å². The van der Waals surface area contributed by atoms with Gasteiger partial charge in [-0.25, -0.2) is 0 Å². The lowest BCUT2D eigenvalue weighted by Crippen LogP contribution is -2.52. The molecular formula is C28H52O10. The monoisotopic (exact) mass is 548 g/mol. The van der Waals surface area contributed by atoms with Gasteiger partial charge < -0.3 is 48.8 Å². The third-order valence-electron chi connectivity index (χ3n) is 7.76. The van der Waals surface area contributed by atoms with Gasteiger partial charge in [-0.05, 0) is 25.7 Å². The highest BCUT2D eigenvalue weighted by molar-refractivity contribution is 4.93. The van der Waals surface area contributed by atoms with Crippen molar-refractivity contribution in [2.75, 3.05) is 26.4 Å². The summed E-state index contributed by atoms with van der Waals surface area (Å²) in [5.41, 5.74) is 0. The minimum absolute atomic E-state index is 0.0937. The summed E-state index contributed by atoms with van der Waals surface area (Å²) in [6.07, 6.45) is 9.23. The van der Waals surface area contributed by atoms with Crippen LogP contribution in [0.3, 0.4) is 0 Å². The number of rotatable bonds is 14. The van der Waals surface area contributed by atoms with Crippen LogP contribution < -0.4 is 0 Å². The molecule has 0 aliphatic carbocycles. The highest BCUT2D eigenvalue weighted by atomic mass is 16.7. The molecule has 10 heteroatoms. The fourth-order valence-corrected chi connectivity index (χ4v) is 5.45. The van der Waals surface area contributed by atoms with Crippen molar-refractivity contribution in [3.8, 4) is 0 Å². The van der Waals surface area contributed by atoms with Gasteiger partial charge in [0.2, 0.25) is 0 Å². The van der Waals surface area contributed by atoms with E-state index in [0.29, 0.717) is 6.61 Å². The Bertz CT molecular complexity index is 622. The van der Waals surface area contributed by atoms with Crippen LogP contribution in [0.2, 0.25) is 0 Å². The molecule has 0 amide bonds. The molecule has 4 rings (SSSR count). The molecule has 224 valence electrons. The van der Waals surface area contributed by atoms with Gasteiger partial charge in [-0.2, -0.15) is 0 Å². The first-order valence-corrected chi connectivity index (χ1v) is 14.9. The van der Waals surface area contributed by atoms with E-state index in [4.69, 9.17) is 28.4 Å². The van der Waals surface area contributed by atoms with Crippen molar-refractivity contribution in [3.63, 3.8) is 0 Å². The number of aliphatic hydroxyl groups is 4. The first kappa shape index (κ1) is 32.1. The standard InChI is InChI=1S/2C14H26O5/c1-2-3-4-5-6-7-12-18-11(8-15)14-13(19-12)10(16)9-17-14;1-2-3-4-5-6-7-12-17-9-11(19-12)14-13(16)10(15)8-18-14/h2*10-16H,2-9H2,1H3/t2*10-,11+,12?,13+,14+/m00/s1. The predicted octanol–water partition coefficient (Wildman–Crippen LogP) is 2.42. The summed E-state index contributed by atoms with van der Waals surface area (Å²) in [5, 5.41) is 38.4. The molecule has 4 heterocycles. The molecule has 38 heavy (non-hydrogen) atoms. The van der Waals surface area contributed by atoms with Crippen LogP contribution in [0.15, 0.2) is 0 Å². The maximum absolute atomic E-state index is 9.81. The van der Waals surface area contributed by atoms with Crippen molar-refractivity contribution in [1.29, 1.82) is 0 Å². The lowest BCUT2D eigenvalue weighted by Gasteiger charge is -2.37. The minimum atomic E-state index is -0.864. The molecule has 10 nitrogen and oxygen atoms in total. The van der Waals surface area contributed by atoms with Crippen molar-refractivity contribution >= 4 is 0 Å². The summed E-state index contributed by atoms with van der Waals surface area (Å²) in [4.78, 5) is 0. The van der Waals surface area contributed by atoms with Crippen molar-refractivity contribution in [3.05, 3.63) is 0 Å². The van der Waals surface area contributed by atoms with E-state index in [0.717, 1.165) is 25.7 Å². The Morgan fingerprint density at radius 3 is 1.79 bits per heavy atom. The predicted molar refractivity (Wildman–Crippen MR) is 139 cm³/mol. The topological polar surface area (TPSA) is 136 Å². The first-order chi connectivity index (χ1) is 18.5. The number of hydrogen-bond acceptors (Lipinski definition) is 10. The van der Waals surface area contributed by atoms with E-state index in [1.165, 1.54) is 51.4 Å². The molecule has 0 spiro atoms. The Hall–Kier alpha value is -0.400. The second-order valence-corrected chi connectivity index (χ2v) is 11.0. The maximum Gasteiger partial charge on any atom is 0.158 e. The van der Waals surface area contributed by atoms with Crippen LogP contribution in [0.1, 0.15) is 90.9 Å². The van der Waals surface area contributed by atoms with Crippen LogP contribution in [0.25, 0.3) is 0 Å². The third-order valence-corrected chi connectivity index (χ3v) is 7.76. The second-order valence-electron chi connectivity index (χ2n) is 11.0. The number of aliphatic hydroxyl groups excluding tert-OH is 4. The van der Waals surface area contributed by atoms with Gasteiger partial charge >= 0.3 is 0 Å². The molecule has 2 unspecified atom stereocenters. The van der Waals surface area contributed by atoms with Crippen molar-refractivity contribution in [2.24, 2.45) is 0 Å². The Balaban J connectivity index is 0.000000211. The van der Waals surface area contributed by atoms with E-state index < -0.39 is 24.4 Å². The van der Waals surface area contributed by atoms with Gasteiger partial charge in [0.1, 0.15) is 48.8 Å². The zero-order valence-electron chi connectivity index (χ0n) is 23.3. The molecule has 0 aromatic heterocycles. The zero-order chi connectivity index (χ0) is 27.3. The molecule has 0 bridgehead atoms. The number of ether oxygens (including phenoxy) is 6. The summed E-state index contributed by atoms with van der Waals surface area (Å²) in [6, 6.07) is 0. The smallest absolute Gasteiger partial charge is 0.158 e. The van der Waals surface area contributed by atoms with E-state index in [-0.39, 0.29) is 56.8 Å². The molecule has 0 radical (unpaired) electrons. The molecule has 0 aromatic carbocycles. The van der Waals surface area contributed by atoms with Gasteiger partial charge in [0.15, 0.2) is 12.6 Å². The molecular weight excluding hydrogens is 496 g/mol. The summed E-state index contributed by atoms with van der Waals surface area (Å²) in [6.45, 7) is 5.18. The highest BCUT2D eigenvalue weighted by Crippen LogP contribution is 2.31. The number of unbranched alkanes of at least 4 members (excludes halogenated alkanes) is 8. The fourth-order valence-electron chi connectivity index (χ4n) is 5.45. The highest BCUT2D eigenvalue weighted by Gasteiger charge is 2.48. The van der Waals surface area contributed by atoms with E-state index in [1.807, 2.05) is 0 Å². The SMILES string of the molecule is CCCCCCCC1OC[C@H]([C@H]2OC[C@H](O)[C@H]2O)O1.CCCCCCCC1O[C@H]2[C@H](OC[C@@H]2O)[C@@H](CO)O1. The Morgan fingerprint density at radius 1 is 0.579 bits per heavy atom. The molecule has 0 saturated carbocycles. The minimum Gasteiger partial charge on any atom is -0.394 e. The van der Waals surface area contributed by atoms with E-state index in [9.17, 15) is 20.4 Å². The van der Waals surface area contributed by atoms with Gasteiger partial charge in [0.25, 0.3) is 0 Å². The number of hydrogen-bond donors (Lipinski definition) is 4. The molecule has 4 saturated heterocycles. The Labute approximate surface area is 227 Å². The lowest BCUT2D eigenvalue weighted by molar-refractivity contribution is -0.285. The van der Waals surface area contributed by atoms with E-state index in [2.05, 4.69) is 13.8 Å². The second kappa shape index (κ2) is 17.4. The molecule has 4 aliphatic rings. The van der Waals surface area contributed by atoms with E-state index >= 15 is 0 Å². The fraction of sp³-hybridized carbons (Fsp3) is 1.00. The van der Waals surface area contributed by atoms with Crippen molar-refractivity contribution in [1.82, 2.24) is 0 Å². The maximum atomic E-state index is 9.81. The van der Waals surface area contributed by atoms with E-state index in [1.54, 1.807) is 0 Å². The Kier molecular flexibility index (Phi) is 14.7. The zero-order valence-corrected chi connectivity index (χ0v) is 23.3. The average Bonchev–Trinajstić information content (AvgIpc) is 3.63. The van der Waals surface area contributed by atoms with Crippen molar-refractivity contribution < 1.29 is 48.8 Å². The summed E-state index contributed by atoms with van der Waals surface area (Å²) < 4.78 is 33.6. The molecule has 0 aromatic rings. The van der Waals surface area contributed by atoms with Gasteiger partial charge in [0.05, 0.1) is 26.4 Å². The molecule has 4 fully saturated rings. The Morgan fingerprint density at radius 2 is 1.18 bits per heavy atom. The summed E-state index contributed by atoms with van der Waals surface area (Å²) >= 11 is 0. The molecule has 4 N–H and O–H groups in total.